The molecule has 1 aromatic rings. The summed E-state index contributed by atoms with van der Waals surface area (Å²) in [4.78, 5) is 0. The van der Waals surface area contributed by atoms with Crippen molar-refractivity contribution in [3.63, 3.8) is 0 Å². The lowest BCUT2D eigenvalue weighted by Crippen LogP contribution is -2.25. The van der Waals surface area contributed by atoms with Crippen LogP contribution in [-0.2, 0) is 0 Å². The third kappa shape index (κ3) is 2.56. The molecule has 0 aromatic heterocycles. The zero-order chi connectivity index (χ0) is 10.6. The van der Waals surface area contributed by atoms with Crippen LogP contribution in [-0.4, -0.2) is 17.8 Å². The fourth-order valence-corrected chi connectivity index (χ4v) is 1.61. The smallest absolute Gasteiger partial charge is 0.0618 e. The fourth-order valence-electron chi connectivity index (χ4n) is 1.61. The molecule has 78 valence electrons. The zero-order valence-corrected chi connectivity index (χ0v) is 8.90. The van der Waals surface area contributed by atoms with Gasteiger partial charge < -0.3 is 10.8 Å². The first-order valence-electron chi connectivity index (χ1n) is 5.13. The van der Waals surface area contributed by atoms with Crippen LogP contribution in [0.3, 0.4) is 0 Å². The molecule has 0 aliphatic carbocycles. The summed E-state index contributed by atoms with van der Waals surface area (Å²) >= 11 is 0. The number of aliphatic hydroxyl groups is 1. The zero-order valence-electron chi connectivity index (χ0n) is 8.90. The summed E-state index contributed by atoms with van der Waals surface area (Å²) in [7, 11) is 0. The van der Waals surface area contributed by atoms with E-state index in [0.29, 0.717) is 6.54 Å². The standard InChI is InChI=1S/C12H19NO/c1-3-12(14)11(8-13)10-6-4-9(2)5-7-10/h4-7,11-12,14H,3,8,13H2,1-2H3. The molecule has 2 nitrogen and oxygen atoms in total. The highest BCUT2D eigenvalue weighted by atomic mass is 16.3. The SMILES string of the molecule is CCC(O)C(CN)c1ccc(C)cc1. The van der Waals surface area contributed by atoms with Crippen molar-refractivity contribution in [1.82, 2.24) is 0 Å². The van der Waals surface area contributed by atoms with Crippen LogP contribution >= 0.6 is 0 Å². The number of nitrogens with two attached hydrogens (primary N) is 1. The Labute approximate surface area is 85.8 Å². The van der Waals surface area contributed by atoms with E-state index in [1.54, 1.807) is 0 Å². The molecule has 0 fully saturated rings. The molecule has 0 bridgehead atoms. The van der Waals surface area contributed by atoms with Crippen LogP contribution in [0.1, 0.15) is 30.4 Å². The Morgan fingerprint density at radius 1 is 1.29 bits per heavy atom. The van der Waals surface area contributed by atoms with Crippen LogP contribution in [0.4, 0.5) is 0 Å². The number of rotatable bonds is 4. The summed E-state index contributed by atoms with van der Waals surface area (Å²) in [6.45, 7) is 4.52. The second-order valence-corrected chi connectivity index (χ2v) is 3.73. The minimum atomic E-state index is -0.331. The van der Waals surface area contributed by atoms with Gasteiger partial charge >= 0.3 is 0 Å². The molecule has 2 heteroatoms. The largest absolute Gasteiger partial charge is 0.392 e. The molecule has 3 N–H and O–H groups in total. The van der Waals surface area contributed by atoms with E-state index in [9.17, 15) is 5.11 Å². The number of hydrogen-bond acceptors (Lipinski definition) is 2. The third-order valence-electron chi connectivity index (χ3n) is 2.64. The fraction of sp³-hybridized carbons (Fsp3) is 0.500. The van der Waals surface area contributed by atoms with Crippen LogP contribution in [0.25, 0.3) is 0 Å². The predicted octanol–water partition coefficient (Wildman–Crippen LogP) is 1.81. The predicted molar refractivity (Wildman–Crippen MR) is 59.3 cm³/mol. The third-order valence-corrected chi connectivity index (χ3v) is 2.64. The second-order valence-electron chi connectivity index (χ2n) is 3.73. The van der Waals surface area contributed by atoms with Gasteiger partial charge in [0.2, 0.25) is 0 Å². The molecular formula is C12H19NO. The van der Waals surface area contributed by atoms with E-state index in [0.717, 1.165) is 12.0 Å². The monoisotopic (exact) mass is 193 g/mol. The number of aryl methyl sites for hydroxylation is 1. The lowest BCUT2D eigenvalue weighted by Gasteiger charge is -2.20. The highest BCUT2D eigenvalue weighted by Gasteiger charge is 2.17. The van der Waals surface area contributed by atoms with Crippen molar-refractivity contribution in [1.29, 1.82) is 0 Å². The van der Waals surface area contributed by atoms with Crippen molar-refractivity contribution in [3.05, 3.63) is 35.4 Å². The van der Waals surface area contributed by atoms with Gasteiger partial charge in [-0.25, -0.2) is 0 Å². The molecule has 0 spiro atoms. The van der Waals surface area contributed by atoms with Crippen LogP contribution in [0.15, 0.2) is 24.3 Å². The molecule has 2 unspecified atom stereocenters. The molecule has 0 amide bonds. The van der Waals surface area contributed by atoms with E-state index >= 15 is 0 Å². The summed E-state index contributed by atoms with van der Waals surface area (Å²) in [6.07, 6.45) is 0.415. The Morgan fingerprint density at radius 2 is 1.86 bits per heavy atom. The Hall–Kier alpha value is -0.860. The molecule has 0 radical (unpaired) electrons. The van der Waals surface area contributed by atoms with E-state index in [2.05, 4.69) is 19.1 Å². The molecule has 2 atom stereocenters. The van der Waals surface area contributed by atoms with Crippen molar-refractivity contribution in [2.45, 2.75) is 32.3 Å². The van der Waals surface area contributed by atoms with Gasteiger partial charge in [0.1, 0.15) is 0 Å². The average Bonchev–Trinajstić information content (AvgIpc) is 2.21. The number of hydrogen-bond donors (Lipinski definition) is 2. The summed E-state index contributed by atoms with van der Waals surface area (Å²) in [5.74, 6) is 0.0700. The lowest BCUT2D eigenvalue weighted by molar-refractivity contribution is 0.141. The first-order valence-corrected chi connectivity index (χ1v) is 5.13. The van der Waals surface area contributed by atoms with Crippen LogP contribution in [0.2, 0.25) is 0 Å². The molecule has 0 saturated carbocycles. The number of aliphatic hydroxyl groups excluding tert-OH is 1. The van der Waals surface area contributed by atoms with Gasteiger partial charge in [0.25, 0.3) is 0 Å². The molecule has 0 heterocycles. The minimum Gasteiger partial charge on any atom is -0.392 e. The molecule has 14 heavy (non-hydrogen) atoms. The summed E-state index contributed by atoms with van der Waals surface area (Å²) in [6, 6.07) is 8.21. The van der Waals surface area contributed by atoms with Gasteiger partial charge in [-0.1, -0.05) is 36.8 Å². The second kappa shape index (κ2) is 5.13. The molecule has 0 aliphatic rings. The van der Waals surface area contributed by atoms with Crippen LogP contribution in [0, 0.1) is 6.92 Å². The van der Waals surface area contributed by atoms with Crippen molar-refractivity contribution in [2.75, 3.05) is 6.54 Å². The number of benzene rings is 1. The topological polar surface area (TPSA) is 46.2 Å². The van der Waals surface area contributed by atoms with E-state index in [1.807, 2.05) is 19.1 Å². The summed E-state index contributed by atoms with van der Waals surface area (Å²) in [5.41, 5.74) is 8.02. The first-order chi connectivity index (χ1) is 6.69. The van der Waals surface area contributed by atoms with Crippen LogP contribution in [0.5, 0.6) is 0 Å². The van der Waals surface area contributed by atoms with Crippen molar-refractivity contribution < 1.29 is 5.11 Å². The minimum absolute atomic E-state index is 0.0700. The van der Waals surface area contributed by atoms with Gasteiger partial charge in [0.15, 0.2) is 0 Å². The van der Waals surface area contributed by atoms with Gasteiger partial charge in [-0.15, -0.1) is 0 Å². The Kier molecular flexibility index (Phi) is 4.11. The lowest BCUT2D eigenvalue weighted by atomic mass is 9.91. The molecular weight excluding hydrogens is 174 g/mol. The van der Waals surface area contributed by atoms with E-state index < -0.39 is 0 Å². The normalized spacial score (nSPS) is 15.1. The Morgan fingerprint density at radius 3 is 2.29 bits per heavy atom. The summed E-state index contributed by atoms with van der Waals surface area (Å²) in [5, 5.41) is 9.76. The highest BCUT2D eigenvalue weighted by Crippen LogP contribution is 2.20. The first kappa shape index (κ1) is 11.2. The Balaban J connectivity index is 2.84. The highest BCUT2D eigenvalue weighted by molar-refractivity contribution is 5.25. The molecule has 1 rings (SSSR count). The Bertz CT molecular complexity index is 268. The maximum Gasteiger partial charge on any atom is 0.0618 e. The summed E-state index contributed by atoms with van der Waals surface area (Å²) < 4.78 is 0. The van der Waals surface area contributed by atoms with Gasteiger partial charge in [-0.2, -0.15) is 0 Å². The molecule has 0 aliphatic heterocycles. The van der Waals surface area contributed by atoms with Crippen molar-refractivity contribution in [3.8, 4) is 0 Å². The van der Waals surface area contributed by atoms with Gasteiger partial charge in [0, 0.05) is 12.5 Å². The van der Waals surface area contributed by atoms with E-state index in [4.69, 9.17) is 5.73 Å². The van der Waals surface area contributed by atoms with Crippen LogP contribution < -0.4 is 5.73 Å². The average molecular weight is 193 g/mol. The quantitative estimate of drug-likeness (QED) is 0.766. The maximum absolute atomic E-state index is 9.76. The molecule has 0 saturated heterocycles. The van der Waals surface area contributed by atoms with Gasteiger partial charge in [-0.3, -0.25) is 0 Å². The van der Waals surface area contributed by atoms with Gasteiger partial charge in [-0.05, 0) is 18.9 Å². The van der Waals surface area contributed by atoms with Crippen molar-refractivity contribution in [2.24, 2.45) is 5.73 Å². The van der Waals surface area contributed by atoms with Crippen molar-refractivity contribution >= 4 is 0 Å². The maximum atomic E-state index is 9.76. The van der Waals surface area contributed by atoms with Gasteiger partial charge in [0.05, 0.1) is 6.10 Å². The molecule has 1 aromatic carbocycles. The van der Waals surface area contributed by atoms with E-state index in [1.165, 1.54) is 5.56 Å². The van der Waals surface area contributed by atoms with E-state index in [-0.39, 0.29) is 12.0 Å².